The molecule has 4 saturated carbocycles. The van der Waals surface area contributed by atoms with Gasteiger partial charge in [0.05, 0.1) is 5.92 Å². The molecule has 1 amide bonds. The van der Waals surface area contributed by atoms with Crippen molar-refractivity contribution in [2.75, 3.05) is 6.54 Å². The summed E-state index contributed by atoms with van der Waals surface area (Å²) in [6.07, 6.45) is 7.13. The second-order valence-electron chi connectivity index (χ2n) is 7.11. The van der Waals surface area contributed by atoms with Gasteiger partial charge >= 0.3 is 5.97 Å². The van der Waals surface area contributed by atoms with Gasteiger partial charge in [0, 0.05) is 13.5 Å². The van der Waals surface area contributed by atoms with Crippen LogP contribution in [0.1, 0.15) is 45.4 Å². The molecule has 0 heterocycles. The van der Waals surface area contributed by atoms with Gasteiger partial charge in [-0.15, -0.1) is 0 Å². The topological polar surface area (TPSA) is 66.4 Å². The van der Waals surface area contributed by atoms with Gasteiger partial charge < -0.3 is 10.4 Å². The largest absolute Gasteiger partial charge is 0.481 e. The Kier molecular flexibility index (Phi) is 3.06. The fraction of sp³-hybridized carbons (Fsp3) is 0.867. The first-order valence-electron chi connectivity index (χ1n) is 7.46. The standard InChI is InChI=1S/C15H23NO3/c1-9(17)16-8-13(14(18)19)15-5-10-2-11(6-15)4-12(3-10)7-15/h10-13H,2-8H2,1H3,(H,16,17)(H,18,19). The first-order chi connectivity index (χ1) is 8.98. The molecule has 0 aliphatic heterocycles. The van der Waals surface area contributed by atoms with Crippen LogP contribution in [0.3, 0.4) is 0 Å². The number of carbonyl (C=O) groups is 2. The zero-order valence-corrected chi connectivity index (χ0v) is 11.5. The van der Waals surface area contributed by atoms with Crippen LogP contribution in [0.5, 0.6) is 0 Å². The normalized spacial score (nSPS) is 41.0. The highest BCUT2D eigenvalue weighted by atomic mass is 16.4. The monoisotopic (exact) mass is 265 g/mol. The molecule has 1 atom stereocenters. The summed E-state index contributed by atoms with van der Waals surface area (Å²) >= 11 is 0. The molecule has 0 radical (unpaired) electrons. The number of amides is 1. The predicted octanol–water partition coefficient (Wildman–Crippen LogP) is 2.04. The lowest BCUT2D eigenvalue weighted by molar-refractivity contribution is -0.157. The highest BCUT2D eigenvalue weighted by Crippen LogP contribution is 2.62. The Hall–Kier alpha value is -1.06. The van der Waals surface area contributed by atoms with Crippen molar-refractivity contribution >= 4 is 11.9 Å². The number of carbonyl (C=O) groups excluding carboxylic acids is 1. The minimum absolute atomic E-state index is 0.0387. The molecule has 0 aromatic rings. The number of carboxylic acids is 1. The summed E-state index contributed by atoms with van der Waals surface area (Å²) in [4.78, 5) is 22.8. The number of carboxylic acid groups (broad SMARTS) is 1. The van der Waals surface area contributed by atoms with E-state index < -0.39 is 11.9 Å². The van der Waals surface area contributed by atoms with E-state index in [9.17, 15) is 14.7 Å². The third-order valence-corrected chi connectivity index (χ3v) is 5.68. The number of hydrogen-bond donors (Lipinski definition) is 2. The van der Waals surface area contributed by atoms with Crippen molar-refractivity contribution in [3.63, 3.8) is 0 Å². The Morgan fingerprint density at radius 3 is 2.00 bits per heavy atom. The molecule has 4 aliphatic carbocycles. The van der Waals surface area contributed by atoms with Crippen molar-refractivity contribution in [3.8, 4) is 0 Å². The lowest BCUT2D eigenvalue weighted by Crippen LogP contribution is -2.54. The van der Waals surface area contributed by atoms with Crippen LogP contribution in [0.2, 0.25) is 0 Å². The minimum Gasteiger partial charge on any atom is -0.481 e. The molecule has 0 spiro atoms. The Morgan fingerprint density at radius 1 is 1.16 bits per heavy atom. The Labute approximate surface area is 113 Å². The zero-order chi connectivity index (χ0) is 13.6. The molecule has 4 aliphatic rings. The highest BCUT2D eigenvalue weighted by Gasteiger charge is 2.55. The van der Waals surface area contributed by atoms with Gasteiger partial charge in [0.15, 0.2) is 0 Å². The summed E-state index contributed by atoms with van der Waals surface area (Å²) in [6, 6.07) is 0. The summed E-state index contributed by atoms with van der Waals surface area (Å²) in [5.41, 5.74) is -0.0387. The van der Waals surface area contributed by atoms with Crippen molar-refractivity contribution < 1.29 is 14.7 Å². The van der Waals surface area contributed by atoms with E-state index in [0.29, 0.717) is 6.54 Å². The molecule has 1 unspecified atom stereocenters. The van der Waals surface area contributed by atoms with Crippen LogP contribution in [0.4, 0.5) is 0 Å². The van der Waals surface area contributed by atoms with E-state index in [-0.39, 0.29) is 11.3 Å². The number of nitrogens with one attached hydrogen (secondary N) is 1. The summed E-state index contributed by atoms with van der Waals surface area (Å²) in [5, 5.41) is 12.3. The van der Waals surface area contributed by atoms with E-state index in [1.807, 2.05) is 0 Å². The van der Waals surface area contributed by atoms with Crippen molar-refractivity contribution in [3.05, 3.63) is 0 Å². The van der Waals surface area contributed by atoms with Crippen LogP contribution in [-0.2, 0) is 9.59 Å². The smallest absolute Gasteiger partial charge is 0.308 e. The maximum Gasteiger partial charge on any atom is 0.308 e. The molecule has 4 fully saturated rings. The van der Waals surface area contributed by atoms with E-state index in [0.717, 1.165) is 37.0 Å². The second kappa shape index (κ2) is 4.50. The lowest BCUT2D eigenvalue weighted by atomic mass is 9.46. The number of aliphatic carboxylic acids is 1. The van der Waals surface area contributed by atoms with Crippen molar-refractivity contribution in [1.82, 2.24) is 5.32 Å². The Bertz CT molecular complexity index is 369. The van der Waals surface area contributed by atoms with Crippen molar-refractivity contribution in [1.29, 1.82) is 0 Å². The van der Waals surface area contributed by atoms with Gasteiger partial charge in [0.1, 0.15) is 0 Å². The van der Waals surface area contributed by atoms with Crippen LogP contribution in [0.25, 0.3) is 0 Å². The molecular weight excluding hydrogens is 242 g/mol. The van der Waals surface area contributed by atoms with E-state index in [1.54, 1.807) is 0 Å². The molecular formula is C15H23NO3. The molecule has 0 aromatic heterocycles. The molecule has 4 nitrogen and oxygen atoms in total. The molecule has 19 heavy (non-hydrogen) atoms. The summed E-state index contributed by atoms with van der Waals surface area (Å²) in [7, 11) is 0. The van der Waals surface area contributed by atoms with Gasteiger partial charge in [0.25, 0.3) is 0 Å². The van der Waals surface area contributed by atoms with Crippen LogP contribution in [-0.4, -0.2) is 23.5 Å². The number of rotatable bonds is 4. The fourth-order valence-corrected chi connectivity index (χ4v) is 5.42. The van der Waals surface area contributed by atoms with Crippen molar-refractivity contribution in [2.24, 2.45) is 29.1 Å². The molecule has 0 saturated heterocycles. The van der Waals surface area contributed by atoms with Crippen LogP contribution in [0, 0.1) is 29.1 Å². The minimum atomic E-state index is -0.726. The molecule has 4 bridgehead atoms. The summed E-state index contributed by atoms with van der Waals surface area (Å²) in [6.45, 7) is 1.76. The zero-order valence-electron chi connectivity index (χ0n) is 11.5. The SMILES string of the molecule is CC(=O)NCC(C(=O)O)C12CC3CC(CC(C3)C1)C2. The first-order valence-corrected chi connectivity index (χ1v) is 7.46. The summed E-state index contributed by atoms with van der Waals surface area (Å²) in [5.74, 6) is 0.970. The molecule has 4 heteroatoms. The van der Waals surface area contributed by atoms with E-state index in [2.05, 4.69) is 5.32 Å². The number of hydrogen-bond acceptors (Lipinski definition) is 2. The molecule has 106 valence electrons. The van der Waals surface area contributed by atoms with Gasteiger partial charge in [-0.3, -0.25) is 9.59 Å². The lowest BCUT2D eigenvalue weighted by Gasteiger charge is -2.58. The second-order valence-corrected chi connectivity index (χ2v) is 7.11. The van der Waals surface area contributed by atoms with Crippen LogP contribution < -0.4 is 5.32 Å². The van der Waals surface area contributed by atoms with Gasteiger partial charge in [-0.05, 0) is 61.7 Å². The van der Waals surface area contributed by atoms with Crippen molar-refractivity contribution in [2.45, 2.75) is 45.4 Å². The first kappa shape index (κ1) is 12.9. The third kappa shape index (κ3) is 2.26. The van der Waals surface area contributed by atoms with Gasteiger partial charge in [-0.2, -0.15) is 0 Å². The van der Waals surface area contributed by atoms with Gasteiger partial charge in [-0.25, -0.2) is 0 Å². The third-order valence-electron chi connectivity index (χ3n) is 5.68. The Balaban J connectivity index is 1.81. The Morgan fingerprint density at radius 2 is 1.63 bits per heavy atom. The summed E-state index contributed by atoms with van der Waals surface area (Å²) < 4.78 is 0. The van der Waals surface area contributed by atoms with Crippen LogP contribution >= 0.6 is 0 Å². The maximum atomic E-state index is 11.7. The average molecular weight is 265 g/mol. The van der Waals surface area contributed by atoms with Crippen LogP contribution in [0.15, 0.2) is 0 Å². The molecule has 2 N–H and O–H groups in total. The molecule has 0 aromatic carbocycles. The average Bonchev–Trinajstić information content (AvgIpc) is 2.25. The molecule has 4 rings (SSSR count). The van der Waals surface area contributed by atoms with E-state index >= 15 is 0 Å². The van der Waals surface area contributed by atoms with E-state index in [4.69, 9.17) is 0 Å². The van der Waals surface area contributed by atoms with Gasteiger partial charge in [-0.1, -0.05) is 0 Å². The van der Waals surface area contributed by atoms with E-state index in [1.165, 1.54) is 26.2 Å². The van der Waals surface area contributed by atoms with Gasteiger partial charge in [0.2, 0.25) is 5.91 Å². The fourth-order valence-electron chi connectivity index (χ4n) is 5.42. The predicted molar refractivity (Wildman–Crippen MR) is 70.4 cm³/mol. The maximum absolute atomic E-state index is 11.7. The highest BCUT2D eigenvalue weighted by molar-refractivity contribution is 5.75. The quantitative estimate of drug-likeness (QED) is 0.817.